The Hall–Kier alpha value is -8.46. The van der Waals surface area contributed by atoms with Gasteiger partial charge in [0, 0.05) is 34.0 Å². The molecule has 0 radical (unpaired) electrons. The first-order chi connectivity index (χ1) is 35.2. The minimum absolute atomic E-state index is 0.586. The highest BCUT2D eigenvalue weighted by molar-refractivity contribution is 6.06. The number of hydrogen-bond donors (Lipinski definition) is 0. The highest BCUT2D eigenvalue weighted by atomic mass is 15.1. The van der Waals surface area contributed by atoms with Gasteiger partial charge >= 0.3 is 0 Å². The summed E-state index contributed by atoms with van der Waals surface area (Å²) < 4.78 is 0. The highest BCUT2D eigenvalue weighted by Crippen LogP contribution is 2.64. The van der Waals surface area contributed by atoms with Crippen molar-refractivity contribution in [3.8, 4) is 33.4 Å². The van der Waals surface area contributed by atoms with Gasteiger partial charge in [0.2, 0.25) is 0 Å². The fourth-order valence-electron chi connectivity index (χ4n) is 12.8. The predicted octanol–water partition coefficient (Wildman–Crippen LogP) is 19.0. The summed E-state index contributed by atoms with van der Waals surface area (Å²) in [4.78, 5) is 4.98. The molecule has 1 saturated carbocycles. The molecule has 71 heavy (non-hydrogen) atoms. The van der Waals surface area contributed by atoms with Crippen LogP contribution in [-0.2, 0) is 5.41 Å². The van der Waals surface area contributed by atoms with Gasteiger partial charge in [-0.25, -0.2) is 0 Å². The van der Waals surface area contributed by atoms with Crippen molar-refractivity contribution in [2.75, 3.05) is 9.80 Å². The first-order valence-electron chi connectivity index (χ1n) is 25.5. The zero-order valence-corrected chi connectivity index (χ0v) is 39.7. The lowest BCUT2D eigenvalue weighted by molar-refractivity contribution is 0.443. The average Bonchev–Trinajstić information content (AvgIpc) is 3.91. The van der Waals surface area contributed by atoms with E-state index >= 15 is 0 Å². The molecule has 0 saturated heterocycles. The van der Waals surface area contributed by atoms with Gasteiger partial charge in [0.1, 0.15) is 0 Å². The number of rotatable bonds is 8. The summed E-state index contributed by atoms with van der Waals surface area (Å²) in [5.74, 6) is 0.650. The van der Waals surface area contributed by atoms with E-state index in [0.717, 1.165) is 28.4 Å². The smallest absolute Gasteiger partial charge is 0.0727 e. The van der Waals surface area contributed by atoms with Crippen LogP contribution < -0.4 is 9.80 Å². The lowest BCUT2D eigenvalue weighted by Crippen LogP contribution is -2.26. The van der Waals surface area contributed by atoms with E-state index in [0.29, 0.717) is 5.92 Å². The van der Waals surface area contributed by atoms with Crippen molar-refractivity contribution >= 4 is 55.7 Å². The van der Waals surface area contributed by atoms with Crippen LogP contribution in [0.25, 0.3) is 54.9 Å². The summed E-state index contributed by atoms with van der Waals surface area (Å²) in [5, 5.41) is 4.88. The highest BCUT2D eigenvalue weighted by Gasteiger charge is 2.52. The fourth-order valence-corrected chi connectivity index (χ4v) is 12.8. The third-order valence-corrected chi connectivity index (χ3v) is 16.0. The van der Waals surface area contributed by atoms with E-state index in [1.165, 1.54) is 121 Å². The van der Waals surface area contributed by atoms with E-state index in [9.17, 15) is 0 Å². The van der Waals surface area contributed by atoms with Gasteiger partial charge in [-0.3, -0.25) is 0 Å². The second-order valence-corrected chi connectivity index (χ2v) is 19.8. The summed E-state index contributed by atoms with van der Waals surface area (Å²) in [6, 6.07) is 93.5. The number of anilines is 6. The van der Waals surface area contributed by atoms with Gasteiger partial charge in [-0.2, -0.15) is 0 Å². The summed E-state index contributed by atoms with van der Waals surface area (Å²) >= 11 is 0. The Morgan fingerprint density at radius 2 is 0.817 bits per heavy atom. The molecular formula is C69H52N2. The Kier molecular flexibility index (Phi) is 9.88. The Morgan fingerprint density at radius 1 is 0.324 bits per heavy atom. The quantitative estimate of drug-likeness (QED) is 0.150. The van der Waals surface area contributed by atoms with Gasteiger partial charge < -0.3 is 9.80 Å². The van der Waals surface area contributed by atoms with Crippen LogP contribution >= 0.6 is 0 Å². The molecule has 0 heterocycles. The summed E-state index contributed by atoms with van der Waals surface area (Å²) in [7, 11) is 0. The van der Waals surface area contributed by atoms with Crippen LogP contribution in [0.3, 0.4) is 0 Å². The Morgan fingerprint density at radius 3 is 1.51 bits per heavy atom. The van der Waals surface area contributed by atoms with Crippen LogP contribution in [0.2, 0.25) is 0 Å². The van der Waals surface area contributed by atoms with E-state index in [4.69, 9.17) is 0 Å². The topological polar surface area (TPSA) is 6.48 Å². The van der Waals surface area contributed by atoms with Crippen LogP contribution in [0.1, 0.15) is 65.8 Å². The normalized spacial score (nSPS) is 15.6. The van der Waals surface area contributed by atoms with Crippen LogP contribution in [0.4, 0.5) is 34.1 Å². The number of nitrogens with zero attached hydrogens (tertiary/aromatic N) is 2. The lowest BCUT2D eigenvalue weighted by Gasteiger charge is -2.34. The number of hydrogen-bond acceptors (Lipinski definition) is 2. The van der Waals surface area contributed by atoms with Crippen LogP contribution in [0.5, 0.6) is 0 Å². The minimum Gasteiger partial charge on any atom is -0.310 e. The second-order valence-electron chi connectivity index (χ2n) is 19.8. The molecule has 0 bridgehead atoms. The SMILES string of the molecule is c1ccc(-c2c(N(c3ccc4c(c3)C3(c5ccccc5-c5ccc(N(c6ccccc6)c6ccc(C7CCCCC7)cc6)cc53)c3ccccc3-4)c3ccc4ccccc4c3)ccc3ccccc23)cc1. The first-order valence-corrected chi connectivity index (χ1v) is 25.5. The Bertz CT molecular complexity index is 3800. The molecule has 1 unspecified atom stereocenters. The molecule has 3 aliphatic rings. The van der Waals surface area contributed by atoms with Gasteiger partial charge in [-0.1, -0.05) is 201 Å². The summed E-state index contributed by atoms with van der Waals surface area (Å²) in [6.07, 6.45) is 6.59. The van der Waals surface area contributed by atoms with Crippen LogP contribution in [0, 0.1) is 0 Å². The zero-order chi connectivity index (χ0) is 46.9. The maximum absolute atomic E-state index is 2.53. The zero-order valence-electron chi connectivity index (χ0n) is 39.7. The van der Waals surface area contributed by atoms with Gasteiger partial charge in [-0.15, -0.1) is 0 Å². The first kappa shape index (κ1) is 41.5. The van der Waals surface area contributed by atoms with Crippen LogP contribution in [-0.4, -0.2) is 0 Å². The largest absolute Gasteiger partial charge is 0.310 e. The fraction of sp³-hybridized carbons (Fsp3) is 0.101. The number of para-hydroxylation sites is 1. The van der Waals surface area contributed by atoms with Crippen molar-refractivity contribution in [3.05, 3.63) is 277 Å². The molecule has 0 aromatic heterocycles. The van der Waals surface area contributed by atoms with E-state index in [2.05, 4.69) is 259 Å². The van der Waals surface area contributed by atoms with Crippen molar-refractivity contribution in [2.45, 2.75) is 43.4 Å². The predicted molar refractivity (Wildman–Crippen MR) is 298 cm³/mol. The Balaban J connectivity index is 1.01. The molecule has 0 aliphatic heterocycles. The molecule has 1 atom stereocenters. The molecule has 3 aliphatic carbocycles. The molecule has 0 N–H and O–H groups in total. The second kappa shape index (κ2) is 16.9. The molecule has 14 rings (SSSR count). The van der Waals surface area contributed by atoms with Gasteiger partial charge in [0.05, 0.1) is 11.1 Å². The Labute approximate surface area is 416 Å². The molecule has 2 heteroatoms. The van der Waals surface area contributed by atoms with Crippen molar-refractivity contribution in [1.82, 2.24) is 0 Å². The van der Waals surface area contributed by atoms with Crippen molar-refractivity contribution in [3.63, 3.8) is 0 Å². The minimum atomic E-state index is -0.586. The van der Waals surface area contributed by atoms with Gasteiger partial charge in [0.25, 0.3) is 0 Å². The maximum Gasteiger partial charge on any atom is 0.0727 e. The molecule has 11 aromatic carbocycles. The van der Waals surface area contributed by atoms with E-state index in [1.807, 2.05) is 0 Å². The average molecular weight is 909 g/mol. The lowest BCUT2D eigenvalue weighted by atomic mass is 9.70. The molecule has 1 spiro atoms. The molecule has 11 aromatic rings. The van der Waals surface area contributed by atoms with E-state index in [1.54, 1.807) is 0 Å². The monoisotopic (exact) mass is 908 g/mol. The van der Waals surface area contributed by atoms with Crippen molar-refractivity contribution in [2.24, 2.45) is 0 Å². The summed E-state index contributed by atoms with van der Waals surface area (Å²) in [6.45, 7) is 0. The van der Waals surface area contributed by atoms with Gasteiger partial charge in [-0.05, 0) is 163 Å². The number of fused-ring (bicyclic) bond motifs is 12. The van der Waals surface area contributed by atoms with Gasteiger partial charge in [0.15, 0.2) is 0 Å². The third kappa shape index (κ3) is 6.62. The number of benzene rings is 11. The van der Waals surface area contributed by atoms with Crippen molar-refractivity contribution < 1.29 is 0 Å². The van der Waals surface area contributed by atoms with E-state index in [-0.39, 0.29) is 0 Å². The standard InChI is InChI=1S/C69H52N2/c1-4-18-47(19-5-1)49-32-36-54(37-33-49)70(53-25-8-3-9-26-53)56-39-41-61-59-28-14-16-30-63(59)69(65(61)45-56)64-31-17-15-29-60(64)62-42-40-57(46-66(62)69)71(55-38-34-48-20-10-11-24-52(48)44-55)67-43-35-50-21-12-13-27-58(50)68(67)51-22-6-2-7-23-51/h2-3,6-17,20-47H,1,4-5,18-19H2. The van der Waals surface area contributed by atoms with Crippen molar-refractivity contribution in [1.29, 1.82) is 0 Å². The molecule has 2 nitrogen and oxygen atoms in total. The molecule has 338 valence electrons. The third-order valence-electron chi connectivity index (χ3n) is 16.0. The molecule has 1 fully saturated rings. The summed E-state index contributed by atoms with van der Waals surface area (Å²) in [5.41, 5.74) is 20.5. The van der Waals surface area contributed by atoms with Crippen LogP contribution in [0.15, 0.2) is 249 Å². The molecule has 0 amide bonds. The maximum atomic E-state index is 2.53. The van der Waals surface area contributed by atoms with E-state index < -0.39 is 5.41 Å². The molecular weight excluding hydrogens is 857 g/mol.